The number of nitro groups is 1. The number of nitrogens with zero attached hydrogens (tertiary/aromatic N) is 1. The van der Waals surface area contributed by atoms with Gasteiger partial charge in [-0.3, -0.25) is 10.1 Å². The second-order valence-electron chi connectivity index (χ2n) is 4.17. The first-order valence-electron chi connectivity index (χ1n) is 5.67. The Bertz CT molecular complexity index is 416. The number of non-ortho nitro benzene ring substituents is 1. The van der Waals surface area contributed by atoms with Crippen molar-refractivity contribution < 1.29 is 4.92 Å². The van der Waals surface area contributed by atoms with Gasteiger partial charge in [0, 0.05) is 23.9 Å². The second kappa shape index (κ2) is 6.03. The summed E-state index contributed by atoms with van der Waals surface area (Å²) < 4.78 is 0. The monoisotopic (exact) mass is 234 g/mol. The summed E-state index contributed by atoms with van der Waals surface area (Å²) in [4.78, 5) is 10.3. The predicted octanol–water partition coefficient (Wildman–Crippen LogP) is 3.67. The van der Waals surface area contributed by atoms with Crippen molar-refractivity contribution in [1.29, 1.82) is 0 Å². The number of anilines is 1. The number of hydrogen-bond donors (Lipinski definition) is 1. The molecule has 1 atom stereocenters. The fourth-order valence-corrected chi connectivity index (χ4v) is 1.58. The van der Waals surface area contributed by atoms with Crippen molar-refractivity contribution in [2.45, 2.75) is 32.7 Å². The van der Waals surface area contributed by atoms with Crippen LogP contribution in [0.3, 0.4) is 0 Å². The highest BCUT2D eigenvalue weighted by Crippen LogP contribution is 2.23. The zero-order valence-corrected chi connectivity index (χ0v) is 10.3. The molecular formula is C13H18N2O2. The Labute approximate surface area is 101 Å². The third-order valence-electron chi connectivity index (χ3n) is 2.64. The van der Waals surface area contributed by atoms with Crippen molar-refractivity contribution in [1.82, 2.24) is 0 Å². The first-order valence-corrected chi connectivity index (χ1v) is 5.67. The molecule has 0 saturated carbocycles. The molecule has 1 unspecified atom stereocenters. The molecule has 0 bridgehead atoms. The summed E-state index contributed by atoms with van der Waals surface area (Å²) in [7, 11) is 0. The number of hydrogen-bond acceptors (Lipinski definition) is 3. The average molecular weight is 234 g/mol. The van der Waals surface area contributed by atoms with Crippen LogP contribution in [-0.4, -0.2) is 11.0 Å². The minimum Gasteiger partial charge on any atom is -0.382 e. The molecule has 1 aromatic carbocycles. The van der Waals surface area contributed by atoms with Gasteiger partial charge in [-0.2, -0.15) is 0 Å². The first-order chi connectivity index (χ1) is 8.04. The van der Waals surface area contributed by atoms with Crippen LogP contribution in [-0.2, 0) is 0 Å². The topological polar surface area (TPSA) is 55.2 Å². The van der Waals surface area contributed by atoms with Crippen LogP contribution in [0, 0.1) is 17.0 Å². The molecule has 0 heterocycles. The maximum absolute atomic E-state index is 10.7. The SMILES string of the molecule is C=CCCC(C)Nc1cc([N+](=O)[O-])ccc1C. The van der Waals surface area contributed by atoms with Crippen molar-refractivity contribution in [3.8, 4) is 0 Å². The lowest BCUT2D eigenvalue weighted by molar-refractivity contribution is -0.384. The van der Waals surface area contributed by atoms with Gasteiger partial charge in [0.2, 0.25) is 0 Å². The smallest absolute Gasteiger partial charge is 0.271 e. The normalized spacial score (nSPS) is 11.9. The van der Waals surface area contributed by atoms with Crippen LogP contribution < -0.4 is 5.32 Å². The fourth-order valence-electron chi connectivity index (χ4n) is 1.58. The van der Waals surface area contributed by atoms with E-state index in [-0.39, 0.29) is 16.7 Å². The predicted molar refractivity (Wildman–Crippen MR) is 70.3 cm³/mol. The highest BCUT2D eigenvalue weighted by Gasteiger charge is 2.10. The van der Waals surface area contributed by atoms with Gasteiger partial charge in [-0.25, -0.2) is 0 Å². The van der Waals surface area contributed by atoms with Crippen LogP contribution in [0.25, 0.3) is 0 Å². The van der Waals surface area contributed by atoms with Crippen LogP contribution in [0.4, 0.5) is 11.4 Å². The minimum absolute atomic E-state index is 0.119. The Morgan fingerprint density at radius 3 is 2.88 bits per heavy atom. The lowest BCUT2D eigenvalue weighted by Gasteiger charge is -2.16. The Morgan fingerprint density at radius 2 is 2.29 bits per heavy atom. The van der Waals surface area contributed by atoms with Gasteiger partial charge in [0.15, 0.2) is 0 Å². The van der Waals surface area contributed by atoms with Gasteiger partial charge in [-0.05, 0) is 32.3 Å². The van der Waals surface area contributed by atoms with Crippen LogP contribution in [0.5, 0.6) is 0 Å². The van der Waals surface area contributed by atoms with Crippen molar-refractivity contribution in [2.75, 3.05) is 5.32 Å². The number of allylic oxidation sites excluding steroid dienone is 1. The molecule has 4 nitrogen and oxygen atoms in total. The third-order valence-corrected chi connectivity index (χ3v) is 2.64. The van der Waals surface area contributed by atoms with E-state index in [9.17, 15) is 10.1 Å². The molecule has 17 heavy (non-hydrogen) atoms. The molecule has 1 aromatic rings. The quantitative estimate of drug-likeness (QED) is 0.464. The molecule has 0 radical (unpaired) electrons. The molecule has 92 valence electrons. The maximum Gasteiger partial charge on any atom is 0.271 e. The van der Waals surface area contributed by atoms with Crippen LogP contribution in [0.15, 0.2) is 30.9 Å². The molecule has 4 heteroatoms. The van der Waals surface area contributed by atoms with Gasteiger partial charge < -0.3 is 5.32 Å². The number of nitro benzene ring substituents is 1. The molecule has 0 aromatic heterocycles. The standard InChI is InChI=1S/C13H18N2O2/c1-4-5-6-11(3)14-13-9-12(15(16)17)8-7-10(13)2/h4,7-9,11,14H,1,5-6H2,2-3H3. The summed E-state index contributed by atoms with van der Waals surface area (Å²) in [6, 6.07) is 5.14. The number of benzene rings is 1. The highest BCUT2D eigenvalue weighted by molar-refractivity contribution is 5.57. The second-order valence-corrected chi connectivity index (χ2v) is 4.17. The van der Waals surface area contributed by atoms with Gasteiger partial charge in [0.1, 0.15) is 0 Å². The third kappa shape index (κ3) is 3.90. The summed E-state index contributed by atoms with van der Waals surface area (Å²) in [5, 5.41) is 14.0. The number of nitrogens with one attached hydrogen (secondary N) is 1. The van der Waals surface area contributed by atoms with Crippen molar-refractivity contribution >= 4 is 11.4 Å². The molecule has 1 rings (SSSR count). The zero-order valence-electron chi connectivity index (χ0n) is 10.3. The van der Waals surface area contributed by atoms with Gasteiger partial charge >= 0.3 is 0 Å². The largest absolute Gasteiger partial charge is 0.382 e. The van der Waals surface area contributed by atoms with Gasteiger partial charge in [-0.15, -0.1) is 6.58 Å². The number of aryl methyl sites for hydroxylation is 1. The fraction of sp³-hybridized carbons (Fsp3) is 0.385. The summed E-state index contributed by atoms with van der Waals surface area (Å²) >= 11 is 0. The van der Waals surface area contributed by atoms with E-state index in [0.29, 0.717) is 0 Å². The summed E-state index contributed by atoms with van der Waals surface area (Å²) in [5.74, 6) is 0. The van der Waals surface area contributed by atoms with Crippen molar-refractivity contribution in [3.05, 3.63) is 46.5 Å². The van der Waals surface area contributed by atoms with Crippen LogP contribution in [0.2, 0.25) is 0 Å². The lowest BCUT2D eigenvalue weighted by atomic mass is 10.1. The van der Waals surface area contributed by atoms with E-state index < -0.39 is 0 Å². The molecule has 1 N–H and O–H groups in total. The molecule has 0 fully saturated rings. The lowest BCUT2D eigenvalue weighted by Crippen LogP contribution is -2.15. The van der Waals surface area contributed by atoms with E-state index in [2.05, 4.69) is 18.8 Å². The minimum atomic E-state index is -0.376. The van der Waals surface area contributed by atoms with Crippen molar-refractivity contribution in [3.63, 3.8) is 0 Å². The molecule has 0 saturated heterocycles. The first kappa shape index (κ1) is 13.2. The summed E-state index contributed by atoms with van der Waals surface area (Å²) in [6.07, 6.45) is 3.77. The highest BCUT2D eigenvalue weighted by atomic mass is 16.6. The van der Waals surface area contributed by atoms with E-state index >= 15 is 0 Å². The molecule has 0 aliphatic heterocycles. The molecule has 0 aliphatic rings. The van der Waals surface area contributed by atoms with E-state index in [1.807, 2.05) is 13.0 Å². The maximum atomic E-state index is 10.7. The average Bonchev–Trinajstić information content (AvgIpc) is 2.29. The molecule has 0 aliphatic carbocycles. The van der Waals surface area contributed by atoms with E-state index in [1.54, 1.807) is 12.1 Å². The Morgan fingerprint density at radius 1 is 1.59 bits per heavy atom. The van der Waals surface area contributed by atoms with Crippen LogP contribution >= 0.6 is 0 Å². The van der Waals surface area contributed by atoms with Crippen molar-refractivity contribution in [2.24, 2.45) is 0 Å². The molecule has 0 spiro atoms. The van der Waals surface area contributed by atoms with E-state index in [4.69, 9.17) is 0 Å². The van der Waals surface area contributed by atoms with Gasteiger partial charge in [0.05, 0.1) is 4.92 Å². The van der Waals surface area contributed by atoms with E-state index in [1.165, 1.54) is 6.07 Å². The summed E-state index contributed by atoms with van der Waals surface area (Å²) in [5.41, 5.74) is 1.96. The number of rotatable bonds is 6. The Balaban J connectivity index is 2.78. The Kier molecular flexibility index (Phi) is 4.69. The van der Waals surface area contributed by atoms with Crippen LogP contribution in [0.1, 0.15) is 25.3 Å². The summed E-state index contributed by atoms with van der Waals surface area (Å²) in [6.45, 7) is 7.67. The Hall–Kier alpha value is -1.84. The zero-order chi connectivity index (χ0) is 12.8. The van der Waals surface area contributed by atoms with Gasteiger partial charge in [0.25, 0.3) is 5.69 Å². The molecular weight excluding hydrogens is 216 g/mol. The molecule has 0 amide bonds. The van der Waals surface area contributed by atoms with E-state index in [0.717, 1.165) is 24.1 Å². The van der Waals surface area contributed by atoms with Gasteiger partial charge in [-0.1, -0.05) is 12.1 Å².